The number of nitrogens with one attached hydrogen (secondary N) is 2. The Balaban J connectivity index is 1.72. The minimum absolute atomic E-state index is 0.00779. The predicted molar refractivity (Wildman–Crippen MR) is 67.8 cm³/mol. The minimum atomic E-state index is -4.64. The van der Waals surface area contributed by atoms with E-state index in [1.54, 1.807) is 0 Å². The Kier molecular flexibility index (Phi) is 3.53. The van der Waals surface area contributed by atoms with Crippen LogP contribution in [-0.4, -0.2) is 34.5 Å². The maximum absolute atomic E-state index is 12.5. The standard InChI is InChI=1S/C12H12ClF3N4O/c13-9-7(12(14,15)16)4-18-10(20-9)11(21)19-8-2-6-1-5(8)3-17-6/h4-6,8,17H,1-3H2,(H,19,21). The lowest BCUT2D eigenvalue weighted by molar-refractivity contribution is -0.138. The zero-order valence-corrected chi connectivity index (χ0v) is 11.5. The van der Waals surface area contributed by atoms with Gasteiger partial charge in [-0.2, -0.15) is 13.2 Å². The molecule has 3 unspecified atom stereocenters. The minimum Gasteiger partial charge on any atom is -0.346 e. The third-order valence-corrected chi connectivity index (χ3v) is 4.22. The van der Waals surface area contributed by atoms with Crippen molar-refractivity contribution in [2.24, 2.45) is 5.92 Å². The molecule has 1 amide bonds. The van der Waals surface area contributed by atoms with Crippen LogP contribution in [0.1, 0.15) is 29.0 Å². The second-order valence-corrected chi connectivity index (χ2v) is 5.67. The molecule has 0 aromatic carbocycles. The summed E-state index contributed by atoms with van der Waals surface area (Å²) in [5, 5.41) is 5.31. The summed E-state index contributed by atoms with van der Waals surface area (Å²) in [6, 6.07) is 0.408. The molecule has 1 aromatic rings. The van der Waals surface area contributed by atoms with Gasteiger partial charge in [0.1, 0.15) is 10.7 Å². The molecule has 0 radical (unpaired) electrons. The first-order valence-electron chi connectivity index (χ1n) is 6.48. The maximum atomic E-state index is 12.5. The molecule has 1 aliphatic heterocycles. The van der Waals surface area contributed by atoms with Gasteiger partial charge in [0.2, 0.25) is 5.82 Å². The molecule has 3 rings (SSSR count). The van der Waals surface area contributed by atoms with Gasteiger partial charge in [0.15, 0.2) is 0 Å². The topological polar surface area (TPSA) is 66.9 Å². The van der Waals surface area contributed by atoms with Gasteiger partial charge in [-0.25, -0.2) is 9.97 Å². The second-order valence-electron chi connectivity index (χ2n) is 5.31. The third-order valence-electron chi connectivity index (χ3n) is 3.93. The number of carbonyl (C=O) groups excluding carboxylic acids is 1. The van der Waals surface area contributed by atoms with Crippen LogP contribution >= 0.6 is 11.6 Å². The van der Waals surface area contributed by atoms with E-state index >= 15 is 0 Å². The monoisotopic (exact) mass is 320 g/mol. The summed E-state index contributed by atoms with van der Waals surface area (Å²) in [6.07, 6.45) is -2.29. The molecular formula is C12H12ClF3N4O. The number of aromatic nitrogens is 2. The molecule has 21 heavy (non-hydrogen) atoms. The third kappa shape index (κ3) is 2.82. The normalized spacial score (nSPS) is 27.9. The summed E-state index contributed by atoms with van der Waals surface area (Å²) in [7, 11) is 0. The Bertz CT molecular complexity index is 580. The Morgan fingerprint density at radius 1 is 1.43 bits per heavy atom. The smallest absolute Gasteiger partial charge is 0.346 e. The number of hydrogen-bond acceptors (Lipinski definition) is 4. The maximum Gasteiger partial charge on any atom is 0.420 e. The van der Waals surface area contributed by atoms with Crippen LogP contribution in [-0.2, 0) is 6.18 Å². The number of hydrogen-bond donors (Lipinski definition) is 2. The van der Waals surface area contributed by atoms with Gasteiger partial charge in [0, 0.05) is 24.8 Å². The van der Waals surface area contributed by atoms with Crippen molar-refractivity contribution in [3.63, 3.8) is 0 Å². The largest absolute Gasteiger partial charge is 0.420 e. The number of alkyl halides is 3. The Labute approximate surface area is 123 Å². The average Bonchev–Trinajstić information content (AvgIpc) is 2.99. The van der Waals surface area contributed by atoms with E-state index in [0.29, 0.717) is 18.2 Å². The summed E-state index contributed by atoms with van der Waals surface area (Å²) < 4.78 is 37.6. The number of amides is 1. The molecule has 1 saturated carbocycles. The fourth-order valence-electron chi connectivity index (χ4n) is 2.91. The van der Waals surface area contributed by atoms with E-state index in [1.807, 2.05) is 0 Å². The summed E-state index contributed by atoms with van der Waals surface area (Å²) in [5.74, 6) is -0.587. The molecule has 3 atom stereocenters. The molecule has 9 heteroatoms. The number of halogens is 4. The first-order valence-corrected chi connectivity index (χ1v) is 6.86. The van der Waals surface area contributed by atoms with Crippen molar-refractivity contribution in [3.8, 4) is 0 Å². The van der Waals surface area contributed by atoms with Crippen molar-refractivity contribution in [1.82, 2.24) is 20.6 Å². The molecule has 0 spiro atoms. The molecule has 2 N–H and O–H groups in total. The van der Waals surface area contributed by atoms with Crippen molar-refractivity contribution < 1.29 is 18.0 Å². The van der Waals surface area contributed by atoms with Crippen LogP contribution in [0.25, 0.3) is 0 Å². The molecule has 2 aliphatic rings. The van der Waals surface area contributed by atoms with E-state index in [0.717, 1.165) is 19.4 Å². The van der Waals surface area contributed by atoms with E-state index < -0.39 is 22.8 Å². The SMILES string of the molecule is O=C(NC1CC2CC1CN2)c1ncc(C(F)(F)F)c(Cl)n1. The quantitative estimate of drug-likeness (QED) is 0.813. The van der Waals surface area contributed by atoms with Crippen LogP contribution < -0.4 is 10.6 Å². The highest BCUT2D eigenvalue weighted by atomic mass is 35.5. The molecular weight excluding hydrogens is 309 g/mol. The number of piperidine rings is 1. The van der Waals surface area contributed by atoms with Crippen LogP contribution in [0.4, 0.5) is 13.2 Å². The Morgan fingerprint density at radius 2 is 2.19 bits per heavy atom. The molecule has 2 heterocycles. The summed E-state index contributed by atoms with van der Waals surface area (Å²) in [4.78, 5) is 18.9. The van der Waals surface area contributed by atoms with Gasteiger partial charge in [-0.1, -0.05) is 11.6 Å². The Hall–Kier alpha value is -1.41. The number of rotatable bonds is 2. The summed E-state index contributed by atoms with van der Waals surface area (Å²) in [5.41, 5.74) is -1.15. The molecule has 1 aliphatic carbocycles. The predicted octanol–water partition coefficient (Wildman–Crippen LogP) is 1.63. The van der Waals surface area contributed by atoms with Gasteiger partial charge in [-0.05, 0) is 18.8 Å². The van der Waals surface area contributed by atoms with Gasteiger partial charge in [0.05, 0.1) is 0 Å². The van der Waals surface area contributed by atoms with Crippen molar-refractivity contribution in [3.05, 3.63) is 22.7 Å². The van der Waals surface area contributed by atoms with E-state index in [1.165, 1.54) is 0 Å². The highest BCUT2D eigenvalue weighted by molar-refractivity contribution is 6.30. The average molecular weight is 321 g/mol. The molecule has 2 fully saturated rings. The van der Waals surface area contributed by atoms with Gasteiger partial charge in [0.25, 0.3) is 5.91 Å². The van der Waals surface area contributed by atoms with E-state index in [-0.39, 0.29) is 11.9 Å². The first kappa shape index (κ1) is 14.5. The molecule has 5 nitrogen and oxygen atoms in total. The first-order chi connectivity index (χ1) is 9.84. The molecule has 2 bridgehead atoms. The van der Waals surface area contributed by atoms with Crippen molar-refractivity contribution in [1.29, 1.82) is 0 Å². The number of carbonyl (C=O) groups is 1. The Morgan fingerprint density at radius 3 is 2.71 bits per heavy atom. The molecule has 1 saturated heterocycles. The summed E-state index contributed by atoms with van der Waals surface area (Å²) >= 11 is 5.48. The fourth-order valence-corrected chi connectivity index (χ4v) is 3.14. The molecule has 1 aromatic heterocycles. The number of fused-ring (bicyclic) bond motifs is 2. The van der Waals surface area contributed by atoms with E-state index in [2.05, 4.69) is 20.6 Å². The molecule has 114 valence electrons. The highest BCUT2D eigenvalue weighted by Gasteiger charge is 2.40. The van der Waals surface area contributed by atoms with Crippen LogP contribution in [0, 0.1) is 5.92 Å². The second kappa shape index (κ2) is 5.10. The lowest BCUT2D eigenvalue weighted by Crippen LogP contribution is -2.44. The van der Waals surface area contributed by atoms with Gasteiger partial charge in [-0.15, -0.1) is 0 Å². The summed E-state index contributed by atoms with van der Waals surface area (Å²) in [6.45, 7) is 0.838. The van der Waals surface area contributed by atoms with Crippen LogP contribution in [0.15, 0.2) is 6.20 Å². The fraction of sp³-hybridized carbons (Fsp3) is 0.583. The highest BCUT2D eigenvalue weighted by Crippen LogP contribution is 2.33. The zero-order valence-electron chi connectivity index (χ0n) is 10.7. The van der Waals surface area contributed by atoms with Crippen molar-refractivity contribution in [2.75, 3.05) is 6.54 Å². The van der Waals surface area contributed by atoms with Crippen molar-refractivity contribution >= 4 is 17.5 Å². The van der Waals surface area contributed by atoms with Crippen molar-refractivity contribution in [2.45, 2.75) is 31.1 Å². The van der Waals surface area contributed by atoms with E-state index in [9.17, 15) is 18.0 Å². The van der Waals surface area contributed by atoms with Gasteiger partial charge in [-0.3, -0.25) is 4.79 Å². The number of nitrogens with zero attached hydrogens (tertiary/aromatic N) is 2. The van der Waals surface area contributed by atoms with Gasteiger partial charge < -0.3 is 10.6 Å². The van der Waals surface area contributed by atoms with Gasteiger partial charge >= 0.3 is 6.18 Å². The zero-order chi connectivity index (χ0) is 15.2. The van der Waals surface area contributed by atoms with Crippen LogP contribution in [0.3, 0.4) is 0 Å². The lowest BCUT2D eigenvalue weighted by atomic mass is 10.0. The van der Waals surface area contributed by atoms with E-state index in [4.69, 9.17) is 11.6 Å². The van der Waals surface area contributed by atoms with Crippen LogP contribution in [0.2, 0.25) is 5.15 Å². The van der Waals surface area contributed by atoms with Crippen LogP contribution in [0.5, 0.6) is 0 Å². The lowest BCUT2D eigenvalue weighted by Gasteiger charge is -2.23.